The fourth-order valence-corrected chi connectivity index (χ4v) is 23.1. The van der Waals surface area contributed by atoms with Gasteiger partial charge in [0.2, 0.25) is 0 Å². The minimum absolute atomic E-state index is 0.0259. The first kappa shape index (κ1) is 85.3. The highest BCUT2D eigenvalue weighted by Crippen LogP contribution is 2.61. The van der Waals surface area contributed by atoms with E-state index in [1.54, 1.807) is 6.33 Å². The summed E-state index contributed by atoms with van der Waals surface area (Å²) < 4.78 is 9.35. The van der Waals surface area contributed by atoms with Crippen LogP contribution in [-0.2, 0) is 44.4 Å². The van der Waals surface area contributed by atoms with Crippen LogP contribution in [0.1, 0.15) is 150 Å². The van der Waals surface area contributed by atoms with E-state index in [2.05, 4.69) is 465 Å². The summed E-state index contributed by atoms with van der Waals surface area (Å²) in [5, 5.41) is 16.2. The zero-order chi connectivity index (χ0) is 92.6. The predicted molar refractivity (Wildman–Crippen MR) is 566 cm³/mol. The Kier molecular flexibility index (Phi) is 20.5. The molecule has 3 aliphatic rings. The van der Waals surface area contributed by atoms with Gasteiger partial charge in [0.05, 0.1) is 16.4 Å². The first-order chi connectivity index (χ1) is 63.8. The summed E-state index contributed by atoms with van der Waals surface area (Å²) in [6.07, 6.45) is 1.58. The van der Waals surface area contributed by atoms with E-state index < -0.39 is 0 Å². The number of nitrogens with zero attached hydrogens (tertiary/aromatic N) is 7. The average Bonchev–Trinajstić information content (AvgIpc) is 1.54. The number of hydrogen-bond acceptors (Lipinski definition) is 3. The fourth-order valence-electron chi connectivity index (χ4n) is 23.1. The van der Waals surface area contributed by atoms with Gasteiger partial charge in [-0.3, -0.25) is 0 Å². The topological polar surface area (TPSA) is 58.4 Å². The van der Waals surface area contributed by atoms with E-state index in [-0.39, 0.29) is 16.2 Å². The van der Waals surface area contributed by atoms with E-state index in [9.17, 15) is 0 Å². The molecule has 133 heavy (non-hydrogen) atoms. The summed E-state index contributed by atoms with van der Waals surface area (Å²) in [5.41, 5.74) is 50.1. The lowest BCUT2D eigenvalue weighted by Crippen LogP contribution is -2.29. The van der Waals surface area contributed by atoms with Crippen molar-refractivity contribution in [3.63, 3.8) is 0 Å². The van der Waals surface area contributed by atoms with Crippen LogP contribution in [0.2, 0.25) is 0 Å². The molecule has 0 saturated heterocycles. The molecule has 25 rings (SSSR count). The third kappa shape index (κ3) is 13.8. The zero-order valence-corrected chi connectivity index (χ0v) is 80.9. The van der Waals surface area contributed by atoms with Gasteiger partial charge in [0.1, 0.15) is 6.33 Å². The molecule has 3 aliphatic carbocycles. The van der Waals surface area contributed by atoms with Crippen LogP contribution in [0.3, 0.4) is 0 Å². The summed E-state index contributed by atoms with van der Waals surface area (Å²) in [6, 6.07) is 109. The Labute approximate surface area is 781 Å². The number of benzene rings is 17. The van der Waals surface area contributed by atoms with Crippen molar-refractivity contribution < 1.29 is 0 Å². The van der Waals surface area contributed by atoms with Crippen molar-refractivity contribution in [3.8, 4) is 56.2 Å². The highest BCUT2D eigenvalue weighted by atomic mass is 15.0. The van der Waals surface area contributed by atoms with Crippen LogP contribution in [0.4, 0.5) is 0 Å². The molecule has 0 atom stereocenters. The highest BCUT2D eigenvalue weighted by Gasteiger charge is 2.47. The second-order valence-electron chi connectivity index (χ2n) is 40.0. The van der Waals surface area contributed by atoms with Gasteiger partial charge >= 0.3 is 0 Å². The summed E-state index contributed by atoms with van der Waals surface area (Å²) in [4.78, 5) is 13.2. The van der Waals surface area contributed by atoms with Gasteiger partial charge in [-0.25, -0.2) is 15.0 Å². The van der Waals surface area contributed by atoms with Gasteiger partial charge in [0, 0.05) is 126 Å². The summed E-state index contributed by atoms with van der Waals surface area (Å²) >= 11 is 0. The SMILES string of the molecule is Cc1cc2c(c3ccccc13)-c1cc3c(cc1C2(C)C)-c1c(cc(C)c2ccccc12)C3(C)C.Cc1ccc(-c2ncnc(-c3cc(C)cc(C)c3)n2)cc1.Cc1ccc(C2(c3cc(C)cc(C)c3)c3cc(C)ccc3-c3ccc(C)cc32)cc1.Cc1ccc2c3cc4c(cc3n(C)c2c1)c1ccc(C)cc1n4C.Cc1ccc2c3ccc4c5ccc(C)cc5n(C)c4c3n(C)c2c1. The molecule has 7 nitrogen and oxygen atoms in total. The van der Waals surface area contributed by atoms with Gasteiger partial charge in [0.25, 0.3) is 0 Å². The standard InChI is InChI=1S/C34H30.C30H28.2C22H20N2.C18H17N3/c1-19-15-29-31(23-13-9-7-11-21(19)23)25-17-28-26(18-27(25)33(29,3)4)32-24-14-10-8-12-22(24)20(2)16-30(32)34(28,5)6;1-19-6-10-24(11-7-19)30(25-15-22(4)14-23(5)16-25)28-17-20(2)8-12-26(28)27-13-9-21(3)18-29(27)30;1-13-5-7-15-17-11-22-18(12-21(17)23(3)19(15)9-13)16-8-6-14(2)10-20(16)24(22)4;1-13-5-7-15-17-9-10-18-16-8-6-14(2)12-20(16)24(4)22(18)21(17)23(3)19(15)11-13;1-12-4-6-15(7-5-12)17-19-11-20-18(21-17)16-9-13(2)8-14(3)10-16/h7-18H,1-6H3;6-18H,1-5H3;2*5-12H,1-4H3;4-11H,1-3H3. The third-order valence-electron chi connectivity index (χ3n) is 29.7. The van der Waals surface area contributed by atoms with Gasteiger partial charge in [-0.1, -0.05) is 303 Å². The van der Waals surface area contributed by atoms with Crippen molar-refractivity contribution in [2.75, 3.05) is 0 Å². The van der Waals surface area contributed by atoms with Crippen LogP contribution in [0.25, 0.3) is 165 Å². The van der Waals surface area contributed by atoms with Crippen LogP contribution in [0.15, 0.2) is 298 Å². The minimum atomic E-state index is -0.298. The van der Waals surface area contributed by atoms with Crippen LogP contribution >= 0.6 is 0 Å². The lowest BCUT2D eigenvalue weighted by Gasteiger charge is -2.35. The van der Waals surface area contributed by atoms with Crippen molar-refractivity contribution in [2.24, 2.45) is 28.2 Å². The second-order valence-corrected chi connectivity index (χ2v) is 40.0. The Bertz CT molecular complexity index is 8190. The molecule has 0 amide bonds. The summed E-state index contributed by atoms with van der Waals surface area (Å²) in [6.45, 7) is 40.0. The molecule has 0 N–H and O–H groups in total. The Morgan fingerprint density at radius 2 is 0.549 bits per heavy atom. The Balaban J connectivity index is 0.000000101. The van der Waals surface area contributed by atoms with Crippen molar-refractivity contribution in [2.45, 2.75) is 141 Å². The average molecular weight is 1730 g/mol. The Morgan fingerprint density at radius 3 is 0.962 bits per heavy atom. The molecule has 0 unspecified atom stereocenters. The van der Waals surface area contributed by atoms with Crippen LogP contribution < -0.4 is 0 Å². The largest absolute Gasteiger partial charge is 0.344 e. The molecule has 0 radical (unpaired) electrons. The molecule has 22 aromatic rings. The first-order valence-electron chi connectivity index (χ1n) is 47.1. The van der Waals surface area contributed by atoms with Gasteiger partial charge < -0.3 is 18.3 Å². The molecular formula is C126H115N7. The zero-order valence-electron chi connectivity index (χ0n) is 80.9. The quantitative estimate of drug-likeness (QED) is 0.176. The molecule has 0 fully saturated rings. The van der Waals surface area contributed by atoms with Crippen LogP contribution in [-0.4, -0.2) is 33.2 Å². The minimum Gasteiger partial charge on any atom is -0.344 e. The van der Waals surface area contributed by atoms with Gasteiger partial charge in [0.15, 0.2) is 11.6 Å². The Morgan fingerprint density at radius 1 is 0.218 bits per heavy atom. The normalized spacial score (nSPS) is 13.4. The summed E-state index contributed by atoms with van der Waals surface area (Å²) in [7, 11) is 8.72. The third-order valence-corrected chi connectivity index (χ3v) is 29.7. The van der Waals surface area contributed by atoms with E-state index in [4.69, 9.17) is 0 Å². The number of aromatic nitrogens is 7. The van der Waals surface area contributed by atoms with Crippen LogP contribution in [0.5, 0.6) is 0 Å². The molecule has 5 heterocycles. The molecule has 654 valence electrons. The summed E-state index contributed by atoms with van der Waals surface area (Å²) in [5.74, 6) is 1.42. The van der Waals surface area contributed by atoms with Crippen molar-refractivity contribution in [1.82, 2.24) is 33.2 Å². The van der Waals surface area contributed by atoms with E-state index in [0.29, 0.717) is 11.6 Å². The number of rotatable bonds is 4. The fraction of sp³-hybridized carbons (Fsp3) is 0.198. The molecule has 0 bridgehead atoms. The molecule has 0 aliphatic heterocycles. The van der Waals surface area contributed by atoms with Gasteiger partial charge in [-0.05, 0) is 290 Å². The van der Waals surface area contributed by atoms with E-state index in [0.717, 1.165) is 11.1 Å². The molecule has 7 heteroatoms. The van der Waals surface area contributed by atoms with Gasteiger partial charge in [-0.15, -0.1) is 0 Å². The Hall–Kier alpha value is -14.5. The van der Waals surface area contributed by atoms with E-state index in [1.165, 1.54) is 265 Å². The maximum absolute atomic E-state index is 4.60. The molecule has 5 aromatic heterocycles. The molecular weight excluding hydrogens is 1610 g/mol. The number of hydrogen-bond donors (Lipinski definition) is 0. The van der Waals surface area contributed by atoms with Crippen molar-refractivity contribution in [1.29, 1.82) is 0 Å². The highest BCUT2D eigenvalue weighted by molar-refractivity contribution is 6.23. The first-order valence-corrected chi connectivity index (χ1v) is 47.1. The van der Waals surface area contributed by atoms with Crippen LogP contribution in [0, 0.1) is 96.9 Å². The van der Waals surface area contributed by atoms with Crippen molar-refractivity contribution in [3.05, 3.63) is 420 Å². The molecule has 0 saturated carbocycles. The lowest BCUT2D eigenvalue weighted by atomic mass is 9.67. The second kappa shape index (κ2) is 31.9. The monoisotopic (exact) mass is 1730 g/mol. The van der Waals surface area contributed by atoms with E-state index >= 15 is 0 Å². The smallest absolute Gasteiger partial charge is 0.163 e. The maximum Gasteiger partial charge on any atom is 0.163 e. The van der Waals surface area contributed by atoms with Crippen molar-refractivity contribution >= 4 is 109 Å². The lowest BCUT2D eigenvalue weighted by molar-refractivity contribution is 0.652. The van der Waals surface area contributed by atoms with Gasteiger partial charge in [-0.2, -0.15) is 0 Å². The number of aryl methyl sites for hydroxylation is 18. The number of fused-ring (bicyclic) bond motifs is 26. The van der Waals surface area contributed by atoms with E-state index in [1.807, 2.05) is 12.1 Å². The maximum atomic E-state index is 4.60. The molecule has 0 spiro atoms. The molecule has 17 aromatic carbocycles. The predicted octanol–water partition coefficient (Wildman–Crippen LogP) is 32.1.